The molecule has 0 aliphatic heterocycles. The van der Waals surface area contributed by atoms with Gasteiger partial charge in [0.15, 0.2) is 0 Å². The Bertz CT molecular complexity index is 388. The van der Waals surface area contributed by atoms with Crippen LogP contribution in [-0.2, 0) is 9.53 Å². The average molecular weight is 249 g/mol. The highest BCUT2D eigenvalue weighted by Crippen LogP contribution is 2.18. The summed E-state index contributed by atoms with van der Waals surface area (Å²) in [5.41, 5.74) is 2.13. The van der Waals surface area contributed by atoms with Gasteiger partial charge in [-0.05, 0) is 37.8 Å². The molecule has 1 aromatic rings. The summed E-state index contributed by atoms with van der Waals surface area (Å²) in [4.78, 5) is 11.9. The van der Waals surface area contributed by atoms with Gasteiger partial charge >= 0.3 is 5.97 Å². The first kappa shape index (κ1) is 14.6. The summed E-state index contributed by atoms with van der Waals surface area (Å²) in [6.07, 6.45) is 0.771. The maximum absolute atomic E-state index is 11.9. The molecule has 0 spiro atoms. The number of aryl methyl sites for hydroxylation is 1. The predicted octanol–water partition coefficient (Wildman–Crippen LogP) is 3.38. The van der Waals surface area contributed by atoms with Crippen molar-refractivity contribution in [2.45, 2.75) is 40.2 Å². The Balaban J connectivity index is 2.78. The van der Waals surface area contributed by atoms with Gasteiger partial charge < -0.3 is 10.1 Å². The van der Waals surface area contributed by atoms with Gasteiger partial charge in [-0.15, -0.1) is 0 Å². The van der Waals surface area contributed by atoms with Gasteiger partial charge in [-0.1, -0.05) is 32.0 Å². The van der Waals surface area contributed by atoms with Crippen molar-refractivity contribution >= 4 is 11.7 Å². The monoisotopic (exact) mass is 249 g/mol. The molecule has 1 unspecified atom stereocenters. The molecule has 0 bridgehead atoms. The standard InChI is InChI=1S/C15H23NO2/c1-5-18-15(17)14(10-11(2)3)16-13-9-7-6-8-12(13)4/h6-9,11,14,16H,5,10H2,1-4H3. The first-order chi connectivity index (χ1) is 8.54. The normalized spacial score (nSPS) is 12.3. The lowest BCUT2D eigenvalue weighted by Crippen LogP contribution is -2.33. The molecule has 0 aliphatic carbocycles. The summed E-state index contributed by atoms with van der Waals surface area (Å²) in [7, 11) is 0. The van der Waals surface area contributed by atoms with Gasteiger partial charge in [0.2, 0.25) is 0 Å². The van der Waals surface area contributed by atoms with E-state index in [0.29, 0.717) is 12.5 Å². The fraction of sp³-hybridized carbons (Fsp3) is 0.533. The second-order valence-corrected chi connectivity index (χ2v) is 4.89. The van der Waals surface area contributed by atoms with Gasteiger partial charge in [-0.25, -0.2) is 4.79 Å². The number of benzene rings is 1. The molecule has 1 atom stereocenters. The quantitative estimate of drug-likeness (QED) is 0.785. The molecule has 0 saturated carbocycles. The zero-order valence-corrected chi connectivity index (χ0v) is 11.7. The molecule has 0 saturated heterocycles. The third kappa shape index (κ3) is 4.40. The minimum Gasteiger partial charge on any atom is -0.464 e. The lowest BCUT2D eigenvalue weighted by atomic mass is 10.0. The number of carbonyl (C=O) groups excluding carboxylic acids is 1. The van der Waals surface area contributed by atoms with E-state index in [1.807, 2.05) is 38.1 Å². The first-order valence-electron chi connectivity index (χ1n) is 6.53. The smallest absolute Gasteiger partial charge is 0.328 e. The summed E-state index contributed by atoms with van der Waals surface area (Å²) >= 11 is 0. The molecule has 0 aromatic heterocycles. The van der Waals surface area contributed by atoms with E-state index < -0.39 is 0 Å². The minimum absolute atomic E-state index is 0.172. The number of ether oxygens (including phenoxy) is 1. The minimum atomic E-state index is -0.272. The van der Waals surface area contributed by atoms with Crippen LogP contribution in [0, 0.1) is 12.8 Å². The van der Waals surface area contributed by atoms with Crippen LogP contribution in [0.3, 0.4) is 0 Å². The second kappa shape index (κ2) is 7.04. The molecule has 1 N–H and O–H groups in total. The molecular formula is C15H23NO2. The topological polar surface area (TPSA) is 38.3 Å². The number of nitrogens with one attached hydrogen (secondary N) is 1. The summed E-state index contributed by atoms with van der Waals surface area (Å²) in [5.74, 6) is 0.269. The molecule has 0 aliphatic rings. The van der Waals surface area contributed by atoms with Gasteiger partial charge in [0.1, 0.15) is 6.04 Å². The van der Waals surface area contributed by atoms with Crippen LogP contribution in [-0.4, -0.2) is 18.6 Å². The van der Waals surface area contributed by atoms with E-state index in [2.05, 4.69) is 19.2 Å². The van der Waals surface area contributed by atoms with Crippen LogP contribution in [0.2, 0.25) is 0 Å². The lowest BCUT2D eigenvalue weighted by Gasteiger charge is -2.21. The number of esters is 1. The molecule has 3 heteroatoms. The molecule has 100 valence electrons. The van der Waals surface area contributed by atoms with E-state index in [9.17, 15) is 4.79 Å². The van der Waals surface area contributed by atoms with Crippen LogP contribution in [0.5, 0.6) is 0 Å². The third-order valence-corrected chi connectivity index (χ3v) is 2.75. The fourth-order valence-corrected chi connectivity index (χ4v) is 1.85. The van der Waals surface area contributed by atoms with Crippen molar-refractivity contribution in [3.63, 3.8) is 0 Å². The van der Waals surface area contributed by atoms with Crippen LogP contribution in [0.1, 0.15) is 32.8 Å². The van der Waals surface area contributed by atoms with Crippen molar-refractivity contribution < 1.29 is 9.53 Å². The highest BCUT2D eigenvalue weighted by Gasteiger charge is 2.21. The Morgan fingerprint density at radius 2 is 2.00 bits per heavy atom. The third-order valence-electron chi connectivity index (χ3n) is 2.75. The molecule has 0 amide bonds. The van der Waals surface area contributed by atoms with E-state index in [0.717, 1.165) is 17.7 Å². The molecule has 18 heavy (non-hydrogen) atoms. The maximum Gasteiger partial charge on any atom is 0.328 e. The van der Waals surface area contributed by atoms with E-state index in [-0.39, 0.29) is 12.0 Å². The van der Waals surface area contributed by atoms with Crippen molar-refractivity contribution in [3.8, 4) is 0 Å². The first-order valence-corrected chi connectivity index (χ1v) is 6.53. The SMILES string of the molecule is CCOC(=O)C(CC(C)C)Nc1ccccc1C. The van der Waals surface area contributed by atoms with Crippen molar-refractivity contribution in [2.24, 2.45) is 5.92 Å². The fourth-order valence-electron chi connectivity index (χ4n) is 1.85. The number of anilines is 1. The van der Waals surface area contributed by atoms with Crippen LogP contribution < -0.4 is 5.32 Å². The molecular weight excluding hydrogens is 226 g/mol. The number of rotatable bonds is 6. The molecule has 0 heterocycles. The Morgan fingerprint density at radius 3 is 2.56 bits per heavy atom. The molecule has 0 radical (unpaired) electrons. The number of hydrogen-bond donors (Lipinski definition) is 1. The van der Waals surface area contributed by atoms with E-state index in [4.69, 9.17) is 4.74 Å². The summed E-state index contributed by atoms with van der Waals surface area (Å²) < 4.78 is 5.12. The van der Waals surface area contributed by atoms with E-state index in [1.54, 1.807) is 0 Å². The zero-order chi connectivity index (χ0) is 13.5. The molecule has 1 aromatic carbocycles. The van der Waals surface area contributed by atoms with Gasteiger partial charge in [-0.3, -0.25) is 0 Å². The molecule has 3 nitrogen and oxygen atoms in total. The van der Waals surface area contributed by atoms with Crippen molar-refractivity contribution in [1.82, 2.24) is 0 Å². The van der Waals surface area contributed by atoms with Gasteiger partial charge in [0.05, 0.1) is 6.61 Å². The molecule has 1 rings (SSSR count). The van der Waals surface area contributed by atoms with Crippen molar-refractivity contribution in [1.29, 1.82) is 0 Å². The highest BCUT2D eigenvalue weighted by molar-refractivity contribution is 5.79. The Morgan fingerprint density at radius 1 is 1.33 bits per heavy atom. The zero-order valence-electron chi connectivity index (χ0n) is 11.7. The van der Waals surface area contributed by atoms with Crippen LogP contribution in [0.15, 0.2) is 24.3 Å². The second-order valence-electron chi connectivity index (χ2n) is 4.89. The van der Waals surface area contributed by atoms with Gasteiger partial charge in [-0.2, -0.15) is 0 Å². The number of hydrogen-bond acceptors (Lipinski definition) is 3. The summed E-state index contributed by atoms with van der Waals surface area (Å²) in [6.45, 7) is 8.48. The van der Waals surface area contributed by atoms with E-state index in [1.165, 1.54) is 0 Å². The van der Waals surface area contributed by atoms with Gasteiger partial charge in [0.25, 0.3) is 0 Å². The lowest BCUT2D eigenvalue weighted by molar-refractivity contribution is -0.144. The van der Waals surface area contributed by atoms with Gasteiger partial charge in [0, 0.05) is 5.69 Å². The van der Waals surface area contributed by atoms with Crippen LogP contribution >= 0.6 is 0 Å². The largest absolute Gasteiger partial charge is 0.464 e. The number of para-hydroxylation sites is 1. The summed E-state index contributed by atoms with van der Waals surface area (Å²) in [6, 6.07) is 7.70. The van der Waals surface area contributed by atoms with E-state index >= 15 is 0 Å². The van der Waals surface area contributed by atoms with Crippen LogP contribution in [0.4, 0.5) is 5.69 Å². The van der Waals surface area contributed by atoms with Crippen molar-refractivity contribution in [2.75, 3.05) is 11.9 Å². The van der Waals surface area contributed by atoms with Crippen molar-refractivity contribution in [3.05, 3.63) is 29.8 Å². The van der Waals surface area contributed by atoms with Crippen LogP contribution in [0.25, 0.3) is 0 Å². The summed E-state index contributed by atoms with van der Waals surface area (Å²) in [5, 5.41) is 3.29. The average Bonchev–Trinajstić information content (AvgIpc) is 2.31. The highest BCUT2D eigenvalue weighted by atomic mass is 16.5. The number of carbonyl (C=O) groups is 1. The Labute approximate surface area is 110 Å². The Kier molecular flexibility index (Phi) is 5.69. The predicted molar refractivity (Wildman–Crippen MR) is 74.7 cm³/mol. The Hall–Kier alpha value is -1.51. The maximum atomic E-state index is 11.9. The molecule has 0 fully saturated rings.